The molecule has 0 aromatic carbocycles. The number of hydrogen-bond donors (Lipinski definition) is 1. The third kappa shape index (κ3) is 4.39. The molecule has 1 unspecified atom stereocenters. The molecule has 0 radical (unpaired) electrons. The summed E-state index contributed by atoms with van der Waals surface area (Å²) in [5.41, 5.74) is 2.31. The molecular weight excluding hydrogens is 334 g/mol. The van der Waals surface area contributed by atoms with Gasteiger partial charge in [-0.25, -0.2) is 4.98 Å². The van der Waals surface area contributed by atoms with Crippen LogP contribution < -0.4 is 10.1 Å². The summed E-state index contributed by atoms with van der Waals surface area (Å²) in [4.78, 5) is 19.0. The van der Waals surface area contributed by atoms with Crippen LogP contribution in [0.3, 0.4) is 0 Å². The Hall–Kier alpha value is -2.45. The molecule has 26 heavy (non-hydrogen) atoms. The van der Waals surface area contributed by atoms with E-state index in [4.69, 9.17) is 9.47 Å². The van der Waals surface area contributed by atoms with Gasteiger partial charge in [0, 0.05) is 64.4 Å². The minimum Gasteiger partial charge on any atom is -0.481 e. The van der Waals surface area contributed by atoms with Crippen LogP contribution in [0, 0.1) is 0 Å². The molecule has 1 N–H and O–H groups in total. The summed E-state index contributed by atoms with van der Waals surface area (Å²) in [6.45, 7) is 2.93. The van der Waals surface area contributed by atoms with Crippen LogP contribution in [-0.4, -0.2) is 59.0 Å². The Morgan fingerprint density at radius 1 is 1.42 bits per heavy atom. The van der Waals surface area contributed by atoms with Gasteiger partial charge in [0.25, 0.3) is 5.91 Å². The number of carbonyl (C=O) groups excluding carboxylic acids is 1. The third-order valence-corrected chi connectivity index (χ3v) is 4.54. The lowest BCUT2D eigenvalue weighted by molar-refractivity contribution is 0.0942. The Morgan fingerprint density at radius 3 is 3.00 bits per heavy atom. The molecule has 1 atom stereocenters. The van der Waals surface area contributed by atoms with Crippen LogP contribution in [0.4, 0.5) is 0 Å². The van der Waals surface area contributed by atoms with E-state index in [2.05, 4.69) is 20.3 Å². The van der Waals surface area contributed by atoms with E-state index in [1.807, 2.05) is 19.3 Å². The summed E-state index contributed by atoms with van der Waals surface area (Å²) in [5.74, 6) is 0.343. The minimum atomic E-state index is -0.182. The minimum absolute atomic E-state index is 0.182. The van der Waals surface area contributed by atoms with Gasteiger partial charge >= 0.3 is 0 Å². The van der Waals surface area contributed by atoms with Gasteiger partial charge in [-0.1, -0.05) is 0 Å². The number of nitrogens with zero attached hydrogens (tertiary/aromatic N) is 4. The van der Waals surface area contributed by atoms with Crippen molar-refractivity contribution in [2.45, 2.75) is 25.6 Å². The molecule has 8 nitrogen and oxygen atoms in total. The Bertz CT molecular complexity index is 761. The van der Waals surface area contributed by atoms with Crippen molar-refractivity contribution in [3.63, 3.8) is 0 Å². The summed E-state index contributed by atoms with van der Waals surface area (Å²) < 4.78 is 12.2. The number of pyridine rings is 1. The highest BCUT2D eigenvalue weighted by Gasteiger charge is 2.25. The van der Waals surface area contributed by atoms with Crippen molar-refractivity contribution in [1.82, 2.24) is 25.0 Å². The van der Waals surface area contributed by atoms with E-state index < -0.39 is 0 Å². The Labute approximate surface area is 153 Å². The number of rotatable bonds is 7. The second kappa shape index (κ2) is 8.29. The van der Waals surface area contributed by atoms with Gasteiger partial charge in [0.05, 0.1) is 13.2 Å². The molecule has 0 aliphatic carbocycles. The van der Waals surface area contributed by atoms with Crippen molar-refractivity contribution >= 4 is 5.91 Å². The molecule has 3 rings (SSSR count). The van der Waals surface area contributed by atoms with Crippen LogP contribution in [0.2, 0.25) is 0 Å². The summed E-state index contributed by atoms with van der Waals surface area (Å²) in [5, 5.41) is 7.27. The predicted molar refractivity (Wildman–Crippen MR) is 95.9 cm³/mol. The van der Waals surface area contributed by atoms with E-state index >= 15 is 0 Å². The smallest absolute Gasteiger partial charge is 0.272 e. The first-order chi connectivity index (χ1) is 12.6. The first kappa shape index (κ1) is 18.3. The average Bonchev–Trinajstić information content (AvgIpc) is 3.26. The van der Waals surface area contributed by atoms with Gasteiger partial charge in [-0.2, -0.15) is 5.10 Å². The number of amides is 1. The number of likely N-dealkylation sites (tertiary alicyclic amines) is 1. The number of hydrogen-bond acceptors (Lipinski definition) is 6. The van der Waals surface area contributed by atoms with E-state index in [0.717, 1.165) is 30.6 Å². The summed E-state index contributed by atoms with van der Waals surface area (Å²) >= 11 is 0. The van der Waals surface area contributed by atoms with Crippen LogP contribution in [-0.2, 0) is 24.9 Å². The first-order valence-corrected chi connectivity index (χ1v) is 8.64. The van der Waals surface area contributed by atoms with Gasteiger partial charge in [0.2, 0.25) is 5.88 Å². The maximum absolute atomic E-state index is 12.6. The SMILES string of the molecule is COc1cc(CNC(=O)c2nn(C)cc2CN2CCC(OC)C2)ccn1. The molecule has 2 aromatic rings. The fourth-order valence-corrected chi connectivity index (χ4v) is 3.16. The molecule has 0 spiro atoms. The van der Waals surface area contributed by atoms with Gasteiger partial charge in [-0.15, -0.1) is 0 Å². The summed E-state index contributed by atoms with van der Waals surface area (Å²) in [6.07, 6.45) is 4.85. The zero-order valence-corrected chi connectivity index (χ0v) is 15.4. The standard InChI is InChI=1S/C18H25N5O3/c1-22-10-14(11-23-7-5-15(12-23)25-2)17(21-22)18(24)20-9-13-4-6-19-16(8-13)26-3/h4,6,8,10,15H,5,7,9,11-12H2,1-3H3,(H,20,24). The lowest BCUT2D eigenvalue weighted by atomic mass is 10.2. The molecule has 140 valence electrons. The van der Waals surface area contributed by atoms with Crippen LogP contribution in [0.25, 0.3) is 0 Å². The molecule has 1 amide bonds. The lowest BCUT2D eigenvalue weighted by Crippen LogP contribution is -2.27. The van der Waals surface area contributed by atoms with Gasteiger partial charge in [0.15, 0.2) is 5.69 Å². The highest BCUT2D eigenvalue weighted by molar-refractivity contribution is 5.93. The molecular formula is C18H25N5O3. The largest absolute Gasteiger partial charge is 0.481 e. The molecule has 1 aliphatic rings. The second-order valence-corrected chi connectivity index (χ2v) is 6.45. The highest BCUT2D eigenvalue weighted by Crippen LogP contribution is 2.17. The maximum atomic E-state index is 12.6. The van der Waals surface area contributed by atoms with E-state index in [-0.39, 0.29) is 12.0 Å². The molecule has 1 aliphatic heterocycles. The van der Waals surface area contributed by atoms with Gasteiger partial charge in [-0.3, -0.25) is 14.4 Å². The van der Waals surface area contributed by atoms with Gasteiger partial charge < -0.3 is 14.8 Å². The molecule has 0 saturated carbocycles. The van der Waals surface area contributed by atoms with Crippen molar-refractivity contribution < 1.29 is 14.3 Å². The Balaban J connectivity index is 1.63. The fourth-order valence-electron chi connectivity index (χ4n) is 3.16. The molecule has 0 bridgehead atoms. The van der Waals surface area contributed by atoms with Gasteiger partial charge in [-0.05, 0) is 18.1 Å². The van der Waals surface area contributed by atoms with Crippen LogP contribution >= 0.6 is 0 Å². The zero-order chi connectivity index (χ0) is 18.5. The average molecular weight is 359 g/mol. The number of ether oxygens (including phenoxy) is 2. The van der Waals surface area contributed by atoms with E-state index in [9.17, 15) is 4.79 Å². The third-order valence-electron chi connectivity index (χ3n) is 4.54. The number of nitrogens with one attached hydrogen (secondary N) is 1. The van der Waals surface area contributed by atoms with Crippen molar-refractivity contribution in [2.24, 2.45) is 7.05 Å². The quantitative estimate of drug-likeness (QED) is 0.793. The summed E-state index contributed by atoms with van der Waals surface area (Å²) in [7, 11) is 5.14. The highest BCUT2D eigenvalue weighted by atomic mass is 16.5. The van der Waals surface area contributed by atoms with Crippen molar-refractivity contribution in [1.29, 1.82) is 0 Å². The summed E-state index contributed by atoms with van der Waals surface area (Å²) in [6, 6.07) is 3.64. The number of carbonyl (C=O) groups is 1. The maximum Gasteiger partial charge on any atom is 0.272 e. The van der Waals surface area contributed by atoms with Crippen LogP contribution in [0.1, 0.15) is 28.0 Å². The van der Waals surface area contributed by atoms with Crippen molar-refractivity contribution in [3.8, 4) is 5.88 Å². The second-order valence-electron chi connectivity index (χ2n) is 6.45. The zero-order valence-electron chi connectivity index (χ0n) is 15.4. The van der Waals surface area contributed by atoms with E-state index in [0.29, 0.717) is 24.7 Å². The van der Waals surface area contributed by atoms with Gasteiger partial charge in [0.1, 0.15) is 0 Å². The van der Waals surface area contributed by atoms with Crippen LogP contribution in [0.5, 0.6) is 5.88 Å². The first-order valence-electron chi connectivity index (χ1n) is 8.64. The molecule has 1 saturated heterocycles. The number of methoxy groups -OCH3 is 2. The van der Waals surface area contributed by atoms with Crippen molar-refractivity contribution in [3.05, 3.63) is 41.3 Å². The van der Waals surface area contributed by atoms with E-state index in [1.54, 1.807) is 31.2 Å². The van der Waals surface area contributed by atoms with Crippen molar-refractivity contribution in [2.75, 3.05) is 27.3 Å². The normalized spacial score (nSPS) is 17.4. The predicted octanol–water partition coefficient (Wildman–Crippen LogP) is 0.974. The number of aromatic nitrogens is 3. The number of aryl methyl sites for hydroxylation is 1. The molecule has 1 fully saturated rings. The monoisotopic (exact) mass is 359 g/mol. The molecule has 8 heteroatoms. The fraction of sp³-hybridized carbons (Fsp3) is 0.500. The lowest BCUT2D eigenvalue weighted by Gasteiger charge is -2.15. The van der Waals surface area contributed by atoms with E-state index in [1.165, 1.54) is 0 Å². The van der Waals surface area contributed by atoms with Crippen LogP contribution in [0.15, 0.2) is 24.5 Å². The Morgan fingerprint density at radius 2 is 2.27 bits per heavy atom. The molecule has 2 aromatic heterocycles. The Kier molecular flexibility index (Phi) is 5.85. The topological polar surface area (TPSA) is 81.5 Å². The molecule has 3 heterocycles.